The highest BCUT2D eigenvalue weighted by atomic mass is 16.4. The third-order valence-corrected chi connectivity index (χ3v) is 7.37. The largest absolute Gasteiger partial charge is 0.481 e. The predicted octanol–water partition coefficient (Wildman–Crippen LogP) is -7.88. The van der Waals surface area contributed by atoms with Crippen LogP contribution in [0, 0.1) is 5.92 Å². The normalized spacial score (nSPS) is 15.3. The SMILES string of the molecule is CC(C)C[C@H](NC(=O)[C@@H](NC(=O)[C@H](CC(=O)O)NC(=O)[C@H](CO)NC(=O)[C@@H](N)CCCN=C(N)N)[C@@H](C)O)C(=O)N[C@@H](CO)C(=O)N[C@@H](CC(N)=O)C(=O)O. The molecule has 8 atom stereocenters. The maximum Gasteiger partial charge on any atom is 0.326 e. The summed E-state index contributed by atoms with van der Waals surface area (Å²) in [6.07, 6.45) is -3.37. The fourth-order valence-electron chi connectivity index (χ4n) is 4.54. The van der Waals surface area contributed by atoms with Gasteiger partial charge in [-0.25, -0.2) is 4.79 Å². The van der Waals surface area contributed by atoms with Gasteiger partial charge in [0.15, 0.2) is 5.96 Å². The Morgan fingerprint density at radius 1 is 0.618 bits per heavy atom. The number of primary amides is 1. The smallest absolute Gasteiger partial charge is 0.326 e. The average Bonchev–Trinajstić information content (AvgIpc) is 3.07. The van der Waals surface area contributed by atoms with Gasteiger partial charge in [0.1, 0.15) is 36.3 Å². The number of nitrogens with one attached hydrogen (secondary N) is 6. The zero-order valence-corrected chi connectivity index (χ0v) is 30.5. The summed E-state index contributed by atoms with van der Waals surface area (Å²) >= 11 is 0. The van der Waals surface area contributed by atoms with E-state index >= 15 is 0 Å². The minimum atomic E-state index is -1.94. The number of aliphatic imine (C=N–C) groups is 1. The van der Waals surface area contributed by atoms with Gasteiger partial charge in [-0.1, -0.05) is 13.8 Å². The number of carbonyl (C=O) groups excluding carboxylic acids is 7. The molecule has 0 aromatic carbocycles. The number of guanidine groups is 1. The lowest BCUT2D eigenvalue weighted by atomic mass is 10.0. The highest BCUT2D eigenvalue weighted by Gasteiger charge is 2.36. The summed E-state index contributed by atoms with van der Waals surface area (Å²) in [4.78, 5) is 116. The van der Waals surface area contributed by atoms with Crippen LogP contribution in [0.2, 0.25) is 0 Å². The second-order valence-corrected chi connectivity index (χ2v) is 12.7. The number of carboxylic acids is 2. The van der Waals surface area contributed by atoms with Gasteiger partial charge in [-0.3, -0.25) is 43.3 Å². The van der Waals surface area contributed by atoms with Crippen LogP contribution < -0.4 is 54.8 Å². The fraction of sp³-hybridized carbons (Fsp3) is 0.667. The van der Waals surface area contributed by atoms with Crippen LogP contribution in [0.3, 0.4) is 0 Å². The molecule has 0 saturated heterocycles. The molecule has 0 heterocycles. The average molecular weight is 792 g/mol. The van der Waals surface area contributed by atoms with Gasteiger partial charge < -0.3 is 80.4 Å². The molecule has 0 rings (SSSR count). The van der Waals surface area contributed by atoms with E-state index in [1.165, 1.54) is 0 Å². The molecule has 0 bridgehead atoms. The first kappa shape index (κ1) is 49.3. The van der Waals surface area contributed by atoms with Crippen LogP contribution in [0.5, 0.6) is 0 Å². The number of rotatable bonds is 26. The number of aliphatic hydroxyl groups is 3. The van der Waals surface area contributed by atoms with Crippen LogP contribution in [0.25, 0.3) is 0 Å². The van der Waals surface area contributed by atoms with E-state index in [0.29, 0.717) is 0 Å². The number of nitrogens with zero attached hydrogens (tertiary/aromatic N) is 1. The fourth-order valence-corrected chi connectivity index (χ4v) is 4.54. The Hall–Kier alpha value is -5.66. The maximum absolute atomic E-state index is 13.3. The zero-order valence-electron chi connectivity index (χ0n) is 30.5. The Balaban J connectivity index is 5.94. The van der Waals surface area contributed by atoms with Crippen molar-refractivity contribution in [1.82, 2.24) is 31.9 Å². The number of hydrogen-bond donors (Lipinski definition) is 15. The van der Waals surface area contributed by atoms with E-state index in [9.17, 15) is 68.7 Å². The van der Waals surface area contributed by atoms with E-state index in [0.717, 1.165) is 6.92 Å². The highest BCUT2D eigenvalue weighted by molar-refractivity contribution is 5.98. The van der Waals surface area contributed by atoms with E-state index in [1.807, 2.05) is 5.32 Å². The Bertz CT molecular complexity index is 1410. The third kappa shape index (κ3) is 19.3. The second-order valence-electron chi connectivity index (χ2n) is 12.7. The first-order chi connectivity index (χ1) is 25.5. The van der Waals surface area contributed by atoms with Gasteiger partial charge in [0.2, 0.25) is 41.4 Å². The van der Waals surface area contributed by atoms with Crippen LogP contribution in [0.15, 0.2) is 4.99 Å². The van der Waals surface area contributed by atoms with Gasteiger partial charge in [-0.05, 0) is 32.1 Å². The number of hydrogen-bond acceptors (Lipinski definition) is 14. The third-order valence-electron chi connectivity index (χ3n) is 7.37. The molecule has 0 saturated carbocycles. The van der Waals surface area contributed by atoms with Crippen LogP contribution >= 0.6 is 0 Å². The first-order valence-electron chi connectivity index (χ1n) is 16.8. The van der Waals surface area contributed by atoms with Gasteiger partial charge in [0.25, 0.3) is 0 Å². The number of carboxylic acid groups (broad SMARTS) is 2. The Kier molecular flexibility index (Phi) is 22.1. The Morgan fingerprint density at radius 2 is 1.07 bits per heavy atom. The van der Waals surface area contributed by atoms with Crippen molar-refractivity contribution < 1.29 is 68.7 Å². The molecule has 55 heavy (non-hydrogen) atoms. The lowest BCUT2D eigenvalue weighted by Crippen LogP contribution is -2.62. The molecule has 0 unspecified atom stereocenters. The summed E-state index contributed by atoms with van der Waals surface area (Å²) in [5.74, 6) is -11.7. The number of amides is 7. The molecule has 0 radical (unpaired) electrons. The van der Waals surface area contributed by atoms with Crippen molar-refractivity contribution in [3.8, 4) is 0 Å². The lowest BCUT2D eigenvalue weighted by molar-refractivity contribution is -0.144. The molecule has 25 nitrogen and oxygen atoms in total. The summed E-state index contributed by atoms with van der Waals surface area (Å²) in [7, 11) is 0. The lowest BCUT2D eigenvalue weighted by Gasteiger charge is -2.28. The quantitative estimate of drug-likeness (QED) is 0.0220. The minimum absolute atomic E-state index is 0.0673. The highest BCUT2D eigenvalue weighted by Crippen LogP contribution is 2.08. The Labute approximate surface area is 314 Å². The molecule has 0 aliphatic rings. The molecule has 25 heteroatoms. The zero-order chi connectivity index (χ0) is 42.6. The molecular weight excluding hydrogens is 738 g/mol. The second kappa shape index (κ2) is 24.6. The molecule has 7 amide bonds. The monoisotopic (exact) mass is 791 g/mol. The maximum atomic E-state index is 13.3. The summed E-state index contributed by atoms with van der Waals surface area (Å²) in [6, 6.07) is -11.8. The van der Waals surface area contributed by atoms with Crippen LogP contribution in [-0.4, -0.2) is 153 Å². The number of aliphatic hydroxyl groups excluding tert-OH is 3. The molecule has 0 aromatic heterocycles. The van der Waals surface area contributed by atoms with Crippen LogP contribution in [0.4, 0.5) is 0 Å². The summed E-state index contributed by atoms with van der Waals surface area (Å²) < 4.78 is 0. The van der Waals surface area contributed by atoms with E-state index in [-0.39, 0.29) is 37.7 Å². The van der Waals surface area contributed by atoms with Gasteiger partial charge in [-0.15, -0.1) is 0 Å². The predicted molar refractivity (Wildman–Crippen MR) is 188 cm³/mol. The summed E-state index contributed by atoms with van der Waals surface area (Å²) in [5, 5.41) is 61.2. The van der Waals surface area contributed by atoms with Crippen molar-refractivity contribution in [2.24, 2.45) is 33.8 Å². The summed E-state index contributed by atoms with van der Waals surface area (Å²) in [5.41, 5.74) is 21.2. The van der Waals surface area contributed by atoms with Crippen molar-refractivity contribution >= 4 is 59.2 Å². The van der Waals surface area contributed by atoms with Crippen LogP contribution in [-0.2, 0) is 43.2 Å². The number of aliphatic carboxylic acids is 2. The van der Waals surface area contributed by atoms with E-state index in [2.05, 4.69) is 31.6 Å². The number of nitrogens with two attached hydrogens (primary N) is 4. The first-order valence-corrected chi connectivity index (χ1v) is 16.8. The Morgan fingerprint density at radius 3 is 1.51 bits per heavy atom. The van der Waals surface area contributed by atoms with E-state index in [4.69, 9.17) is 22.9 Å². The van der Waals surface area contributed by atoms with Crippen molar-refractivity contribution in [2.45, 2.75) is 101 Å². The topological polar surface area (TPSA) is 443 Å². The summed E-state index contributed by atoms with van der Waals surface area (Å²) in [6.45, 7) is 2.42. The van der Waals surface area contributed by atoms with Gasteiger partial charge in [0.05, 0.1) is 38.2 Å². The molecular formula is C30H53N11O14. The standard InChI is InChI=1S/C30H53N11O14/c1-12(2)7-15(24(49)40-19(11-43)27(52)38-17(29(54)55)8-20(32)45)37-28(53)22(13(3)44)41-25(50)16(9-21(46)47)36-26(51)18(10-42)39-23(48)14(31)5-4-6-35-30(33)34/h12-19,22,42-44H,4-11,31H2,1-3H3,(H2,32,45)(H,36,51)(H,37,53)(H,38,52)(H,39,48)(H,40,49)(H,41,50)(H,46,47)(H,54,55)(H4,33,34,35)/t13-,14+,15+,16+,17+,18+,19+,22+/m1/s1. The molecule has 0 fully saturated rings. The van der Waals surface area contributed by atoms with Crippen molar-refractivity contribution in [3.05, 3.63) is 0 Å². The van der Waals surface area contributed by atoms with Crippen molar-refractivity contribution in [2.75, 3.05) is 19.8 Å². The van der Waals surface area contributed by atoms with Gasteiger partial charge in [-0.2, -0.15) is 0 Å². The van der Waals surface area contributed by atoms with Crippen LogP contribution in [0.1, 0.15) is 52.9 Å². The molecule has 19 N–H and O–H groups in total. The minimum Gasteiger partial charge on any atom is -0.481 e. The van der Waals surface area contributed by atoms with Gasteiger partial charge >= 0.3 is 11.9 Å². The molecule has 0 aliphatic heterocycles. The molecule has 312 valence electrons. The van der Waals surface area contributed by atoms with Gasteiger partial charge in [0, 0.05) is 6.54 Å². The molecule has 0 aromatic rings. The van der Waals surface area contributed by atoms with E-state index < -0.39 is 128 Å². The number of carbonyl (C=O) groups is 9. The van der Waals surface area contributed by atoms with Crippen molar-refractivity contribution in [1.29, 1.82) is 0 Å². The van der Waals surface area contributed by atoms with E-state index in [1.54, 1.807) is 13.8 Å². The molecule has 0 aliphatic carbocycles. The van der Waals surface area contributed by atoms with Crippen molar-refractivity contribution in [3.63, 3.8) is 0 Å². The molecule has 0 spiro atoms.